The molecule has 0 aliphatic carbocycles. The molecule has 106 valence electrons. The molecule has 0 bridgehead atoms. The zero-order chi connectivity index (χ0) is 14.4. The van der Waals surface area contributed by atoms with Gasteiger partial charge in [0, 0.05) is 18.3 Å². The highest BCUT2D eigenvalue weighted by Crippen LogP contribution is 2.11. The van der Waals surface area contributed by atoms with Crippen molar-refractivity contribution >= 4 is 0 Å². The van der Waals surface area contributed by atoms with Crippen LogP contribution in [0.1, 0.15) is 23.6 Å². The summed E-state index contributed by atoms with van der Waals surface area (Å²) in [5.41, 5.74) is 10.0. The molecule has 3 nitrogen and oxygen atoms in total. The van der Waals surface area contributed by atoms with Gasteiger partial charge in [-0.05, 0) is 36.0 Å². The number of aromatic nitrogens is 1. The topological polar surface area (TPSA) is 48.1 Å². The maximum atomic E-state index is 6.22. The van der Waals surface area contributed by atoms with Crippen molar-refractivity contribution in [2.75, 3.05) is 7.11 Å². The van der Waals surface area contributed by atoms with Gasteiger partial charge in [0.2, 0.25) is 5.88 Å². The zero-order valence-corrected chi connectivity index (χ0v) is 12.2. The summed E-state index contributed by atoms with van der Waals surface area (Å²) in [6.07, 6.45) is 4.62. The quantitative estimate of drug-likeness (QED) is 0.878. The van der Waals surface area contributed by atoms with E-state index in [1.54, 1.807) is 7.11 Å². The molecule has 3 heteroatoms. The van der Waals surface area contributed by atoms with E-state index in [2.05, 4.69) is 36.2 Å². The molecule has 0 aliphatic heterocycles. The number of methoxy groups -OCH3 is 1. The molecule has 0 amide bonds. The third-order valence-corrected chi connectivity index (χ3v) is 3.43. The standard InChI is InChI=1S/C17H22N2O/c1-3-13-4-6-14(7-5-13)10-16(18)11-15-8-9-17(20-2)19-12-15/h4-9,12,16H,3,10-11,18H2,1-2H3. The molecule has 1 aromatic heterocycles. The number of hydrogen-bond acceptors (Lipinski definition) is 3. The second kappa shape index (κ2) is 7.06. The third kappa shape index (κ3) is 4.07. The molecule has 2 N–H and O–H groups in total. The number of ether oxygens (including phenoxy) is 1. The fourth-order valence-electron chi connectivity index (χ4n) is 2.24. The number of nitrogens with two attached hydrogens (primary N) is 1. The second-order valence-corrected chi connectivity index (χ2v) is 5.05. The Morgan fingerprint density at radius 3 is 2.15 bits per heavy atom. The molecule has 1 heterocycles. The lowest BCUT2D eigenvalue weighted by molar-refractivity contribution is 0.397. The Kier molecular flexibility index (Phi) is 5.13. The van der Waals surface area contributed by atoms with Crippen LogP contribution in [0.15, 0.2) is 42.6 Å². The first-order valence-corrected chi connectivity index (χ1v) is 7.03. The van der Waals surface area contributed by atoms with Crippen LogP contribution < -0.4 is 10.5 Å². The Bertz CT molecular complexity index is 470. The van der Waals surface area contributed by atoms with Crippen molar-refractivity contribution in [3.8, 4) is 5.88 Å². The molecular formula is C17H22N2O. The van der Waals surface area contributed by atoms with Crippen molar-refractivity contribution in [3.05, 3.63) is 59.3 Å². The first kappa shape index (κ1) is 14.5. The van der Waals surface area contributed by atoms with Gasteiger partial charge in [0.25, 0.3) is 0 Å². The van der Waals surface area contributed by atoms with E-state index in [-0.39, 0.29) is 6.04 Å². The Balaban J connectivity index is 1.91. The molecule has 0 aliphatic rings. The monoisotopic (exact) mass is 270 g/mol. The first-order valence-electron chi connectivity index (χ1n) is 7.03. The molecule has 0 fully saturated rings. The summed E-state index contributed by atoms with van der Waals surface area (Å²) in [4.78, 5) is 4.20. The van der Waals surface area contributed by atoms with Crippen LogP contribution in [0.25, 0.3) is 0 Å². The highest BCUT2D eigenvalue weighted by atomic mass is 16.5. The largest absolute Gasteiger partial charge is 0.481 e. The molecule has 1 atom stereocenters. The van der Waals surface area contributed by atoms with Gasteiger partial charge in [0.15, 0.2) is 0 Å². The van der Waals surface area contributed by atoms with Gasteiger partial charge < -0.3 is 10.5 Å². The average molecular weight is 270 g/mol. The lowest BCUT2D eigenvalue weighted by atomic mass is 9.99. The fraction of sp³-hybridized carbons (Fsp3) is 0.353. The van der Waals surface area contributed by atoms with Gasteiger partial charge in [-0.1, -0.05) is 37.3 Å². The zero-order valence-electron chi connectivity index (χ0n) is 12.2. The molecule has 1 unspecified atom stereocenters. The SMILES string of the molecule is CCc1ccc(CC(N)Cc2ccc(OC)nc2)cc1. The number of pyridine rings is 1. The summed E-state index contributed by atoms with van der Waals surface area (Å²) >= 11 is 0. The fourth-order valence-corrected chi connectivity index (χ4v) is 2.24. The van der Waals surface area contributed by atoms with Crippen LogP contribution in [-0.2, 0) is 19.3 Å². The van der Waals surface area contributed by atoms with Crippen LogP contribution in [0.5, 0.6) is 5.88 Å². The lowest BCUT2D eigenvalue weighted by Gasteiger charge is -2.12. The van der Waals surface area contributed by atoms with E-state index < -0.39 is 0 Å². The summed E-state index contributed by atoms with van der Waals surface area (Å²) in [5.74, 6) is 0.637. The van der Waals surface area contributed by atoms with Gasteiger partial charge in [0.05, 0.1) is 7.11 Å². The van der Waals surface area contributed by atoms with E-state index in [1.165, 1.54) is 11.1 Å². The number of nitrogens with zero attached hydrogens (tertiary/aromatic N) is 1. The number of aryl methyl sites for hydroxylation is 1. The molecule has 0 saturated heterocycles. The summed E-state index contributed by atoms with van der Waals surface area (Å²) < 4.78 is 5.05. The molecule has 20 heavy (non-hydrogen) atoms. The normalized spacial score (nSPS) is 12.2. The van der Waals surface area contributed by atoms with Gasteiger partial charge >= 0.3 is 0 Å². The van der Waals surface area contributed by atoms with E-state index in [1.807, 2.05) is 18.3 Å². The Labute approximate surface area is 120 Å². The van der Waals surface area contributed by atoms with Crippen LogP contribution in [0, 0.1) is 0 Å². The lowest BCUT2D eigenvalue weighted by Crippen LogP contribution is -2.25. The maximum Gasteiger partial charge on any atom is 0.212 e. The van der Waals surface area contributed by atoms with Gasteiger partial charge in [-0.25, -0.2) is 4.98 Å². The molecule has 0 saturated carbocycles. The van der Waals surface area contributed by atoms with Crippen molar-refractivity contribution in [3.63, 3.8) is 0 Å². The third-order valence-electron chi connectivity index (χ3n) is 3.43. The van der Waals surface area contributed by atoms with Crippen LogP contribution in [0.2, 0.25) is 0 Å². The van der Waals surface area contributed by atoms with Crippen LogP contribution in [0.4, 0.5) is 0 Å². The number of benzene rings is 1. The Morgan fingerprint density at radius 2 is 1.60 bits per heavy atom. The predicted octanol–water partition coefficient (Wildman–Crippen LogP) is 2.77. The van der Waals surface area contributed by atoms with Gasteiger partial charge in [0.1, 0.15) is 0 Å². The molecule has 0 radical (unpaired) electrons. The minimum atomic E-state index is 0.109. The molecule has 1 aromatic carbocycles. The number of rotatable bonds is 6. The molecule has 0 spiro atoms. The van der Waals surface area contributed by atoms with E-state index in [0.29, 0.717) is 5.88 Å². The van der Waals surface area contributed by atoms with Gasteiger partial charge in [-0.3, -0.25) is 0 Å². The van der Waals surface area contributed by atoms with E-state index in [4.69, 9.17) is 10.5 Å². The molecule has 2 aromatic rings. The van der Waals surface area contributed by atoms with Crippen molar-refractivity contribution in [2.45, 2.75) is 32.2 Å². The highest BCUT2D eigenvalue weighted by molar-refractivity contribution is 5.24. The number of hydrogen-bond donors (Lipinski definition) is 1. The van der Waals surface area contributed by atoms with Gasteiger partial charge in [-0.15, -0.1) is 0 Å². The van der Waals surface area contributed by atoms with Gasteiger partial charge in [-0.2, -0.15) is 0 Å². The van der Waals surface area contributed by atoms with E-state index >= 15 is 0 Å². The second-order valence-electron chi connectivity index (χ2n) is 5.05. The van der Waals surface area contributed by atoms with Crippen molar-refractivity contribution in [1.82, 2.24) is 4.98 Å². The predicted molar refractivity (Wildman–Crippen MR) is 82.0 cm³/mol. The van der Waals surface area contributed by atoms with Crippen LogP contribution in [-0.4, -0.2) is 18.1 Å². The van der Waals surface area contributed by atoms with Crippen molar-refractivity contribution in [2.24, 2.45) is 5.73 Å². The average Bonchev–Trinajstić information content (AvgIpc) is 2.49. The van der Waals surface area contributed by atoms with E-state index in [0.717, 1.165) is 24.8 Å². The maximum absolute atomic E-state index is 6.22. The summed E-state index contributed by atoms with van der Waals surface area (Å²) in [6.45, 7) is 2.16. The summed E-state index contributed by atoms with van der Waals surface area (Å²) in [7, 11) is 1.62. The van der Waals surface area contributed by atoms with E-state index in [9.17, 15) is 0 Å². The minimum Gasteiger partial charge on any atom is -0.481 e. The summed E-state index contributed by atoms with van der Waals surface area (Å²) in [6, 6.07) is 12.7. The minimum absolute atomic E-state index is 0.109. The highest BCUT2D eigenvalue weighted by Gasteiger charge is 2.06. The van der Waals surface area contributed by atoms with Crippen molar-refractivity contribution in [1.29, 1.82) is 0 Å². The molecular weight excluding hydrogens is 248 g/mol. The molecule has 2 rings (SSSR count). The van der Waals surface area contributed by atoms with Crippen molar-refractivity contribution < 1.29 is 4.74 Å². The van der Waals surface area contributed by atoms with Crippen LogP contribution in [0.3, 0.4) is 0 Å². The van der Waals surface area contributed by atoms with Crippen LogP contribution >= 0.6 is 0 Å². The summed E-state index contributed by atoms with van der Waals surface area (Å²) in [5, 5.41) is 0. The first-order chi connectivity index (χ1) is 9.71. The Hall–Kier alpha value is -1.87. The smallest absolute Gasteiger partial charge is 0.212 e. The Morgan fingerprint density at radius 1 is 1.00 bits per heavy atom.